The SMILES string of the molecule is Cc1ccc(CC(NN)c2ccc(I)cc2)c(Cl)c1. The molecule has 2 aromatic rings. The van der Waals surface area contributed by atoms with Crippen LogP contribution in [0.1, 0.15) is 22.7 Å². The zero-order chi connectivity index (χ0) is 13.8. The van der Waals surface area contributed by atoms with Gasteiger partial charge in [-0.25, -0.2) is 0 Å². The zero-order valence-corrected chi connectivity index (χ0v) is 13.6. The number of nitrogens with two attached hydrogens (primary N) is 1. The number of rotatable bonds is 4. The van der Waals surface area contributed by atoms with Crippen molar-refractivity contribution in [1.29, 1.82) is 0 Å². The first-order chi connectivity index (χ1) is 9.10. The Morgan fingerprint density at radius 2 is 1.89 bits per heavy atom. The van der Waals surface area contributed by atoms with E-state index in [1.54, 1.807) is 0 Å². The molecule has 1 unspecified atom stereocenters. The molecule has 0 aliphatic carbocycles. The molecule has 4 heteroatoms. The van der Waals surface area contributed by atoms with E-state index in [0.29, 0.717) is 0 Å². The molecule has 0 radical (unpaired) electrons. The molecule has 0 fully saturated rings. The van der Waals surface area contributed by atoms with Gasteiger partial charge in [-0.3, -0.25) is 11.3 Å². The molecule has 19 heavy (non-hydrogen) atoms. The van der Waals surface area contributed by atoms with E-state index in [-0.39, 0.29) is 6.04 Å². The fourth-order valence-corrected chi connectivity index (χ4v) is 2.68. The van der Waals surface area contributed by atoms with Crippen LogP contribution in [-0.2, 0) is 6.42 Å². The maximum Gasteiger partial charge on any atom is 0.0500 e. The van der Waals surface area contributed by atoms with Gasteiger partial charge in [-0.2, -0.15) is 0 Å². The summed E-state index contributed by atoms with van der Waals surface area (Å²) < 4.78 is 1.21. The van der Waals surface area contributed by atoms with Gasteiger partial charge in [-0.15, -0.1) is 0 Å². The van der Waals surface area contributed by atoms with Gasteiger partial charge in [-0.05, 0) is 70.8 Å². The van der Waals surface area contributed by atoms with Crippen molar-refractivity contribution in [3.8, 4) is 0 Å². The Kier molecular flexibility index (Phi) is 5.21. The molecule has 2 aromatic carbocycles. The number of halogens is 2. The van der Waals surface area contributed by atoms with E-state index in [9.17, 15) is 0 Å². The van der Waals surface area contributed by atoms with Crippen LogP contribution in [0.5, 0.6) is 0 Å². The summed E-state index contributed by atoms with van der Waals surface area (Å²) in [6.45, 7) is 2.04. The van der Waals surface area contributed by atoms with Crippen molar-refractivity contribution in [2.24, 2.45) is 5.84 Å². The van der Waals surface area contributed by atoms with Crippen LogP contribution in [0.2, 0.25) is 5.02 Å². The molecule has 0 amide bonds. The molecular weight excluding hydrogens is 371 g/mol. The molecule has 0 saturated carbocycles. The number of hydrogen-bond donors (Lipinski definition) is 2. The third kappa shape index (κ3) is 3.92. The number of hydrazine groups is 1. The lowest BCUT2D eigenvalue weighted by Crippen LogP contribution is -2.29. The maximum atomic E-state index is 6.27. The fraction of sp³-hybridized carbons (Fsp3) is 0.200. The summed E-state index contributed by atoms with van der Waals surface area (Å²) in [5, 5.41) is 0.797. The summed E-state index contributed by atoms with van der Waals surface area (Å²) in [7, 11) is 0. The zero-order valence-electron chi connectivity index (χ0n) is 10.7. The predicted molar refractivity (Wildman–Crippen MR) is 89.1 cm³/mol. The summed E-state index contributed by atoms with van der Waals surface area (Å²) in [4.78, 5) is 0. The van der Waals surface area contributed by atoms with Gasteiger partial charge in [0, 0.05) is 8.59 Å². The van der Waals surface area contributed by atoms with E-state index in [4.69, 9.17) is 17.4 Å². The molecule has 3 N–H and O–H groups in total. The highest BCUT2D eigenvalue weighted by molar-refractivity contribution is 14.1. The molecule has 2 nitrogen and oxygen atoms in total. The second-order valence-electron chi connectivity index (χ2n) is 4.57. The van der Waals surface area contributed by atoms with Gasteiger partial charge in [0.15, 0.2) is 0 Å². The van der Waals surface area contributed by atoms with Crippen LogP contribution in [-0.4, -0.2) is 0 Å². The topological polar surface area (TPSA) is 38.0 Å². The molecule has 0 aromatic heterocycles. The summed E-state index contributed by atoms with van der Waals surface area (Å²) in [6, 6.07) is 14.5. The van der Waals surface area contributed by atoms with Gasteiger partial charge in [-0.1, -0.05) is 35.9 Å². The van der Waals surface area contributed by atoms with Gasteiger partial charge in [0.2, 0.25) is 0 Å². The first kappa shape index (κ1) is 14.8. The lowest BCUT2D eigenvalue weighted by molar-refractivity contribution is 0.552. The Hall–Kier alpha value is -0.620. The smallest absolute Gasteiger partial charge is 0.0500 e. The molecule has 2 rings (SSSR count). The lowest BCUT2D eigenvalue weighted by Gasteiger charge is -2.17. The van der Waals surface area contributed by atoms with E-state index in [2.05, 4.69) is 64.4 Å². The summed E-state index contributed by atoms with van der Waals surface area (Å²) >= 11 is 8.57. The second-order valence-corrected chi connectivity index (χ2v) is 6.22. The normalized spacial score (nSPS) is 12.4. The first-order valence-electron chi connectivity index (χ1n) is 6.07. The van der Waals surface area contributed by atoms with Crippen LogP contribution in [0.25, 0.3) is 0 Å². The molecule has 0 aliphatic heterocycles. The van der Waals surface area contributed by atoms with Crippen molar-refractivity contribution < 1.29 is 0 Å². The van der Waals surface area contributed by atoms with Crippen molar-refractivity contribution >= 4 is 34.2 Å². The maximum absolute atomic E-state index is 6.27. The van der Waals surface area contributed by atoms with Gasteiger partial charge in [0.05, 0.1) is 6.04 Å². The minimum Gasteiger partial charge on any atom is -0.271 e. The molecular formula is C15H16ClIN2. The minimum absolute atomic E-state index is 0.0669. The third-order valence-corrected chi connectivity index (χ3v) is 4.18. The molecule has 0 spiro atoms. The highest BCUT2D eigenvalue weighted by atomic mass is 127. The van der Waals surface area contributed by atoms with E-state index in [1.165, 1.54) is 14.7 Å². The number of benzene rings is 2. The van der Waals surface area contributed by atoms with Crippen molar-refractivity contribution in [2.75, 3.05) is 0 Å². The van der Waals surface area contributed by atoms with Crippen LogP contribution in [0.4, 0.5) is 0 Å². The third-order valence-electron chi connectivity index (χ3n) is 3.11. The molecule has 0 heterocycles. The molecule has 1 atom stereocenters. The summed E-state index contributed by atoms with van der Waals surface area (Å²) in [6.07, 6.45) is 0.774. The fourth-order valence-electron chi connectivity index (χ4n) is 2.01. The van der Waals surface area contributed by atoms with Crippen molar-refractivity contribution in [3.63, 3.8) is 0 Å². The molecule has 0 aliphatic rings. The largest absolute Gasteiger partial charge is 0.271 e. The monoisotopic (exact) mass is 386 g/mol. The quantitative estimate of drug-likeness (QED) is 0.473. The van der Waals surface area contributed by atoms with Crippen LogP contribution in [0.15, 0.2) is 42.5 Å². The minimum atomic E-state index is 0.0669. The Morgan fingerprint density at radius 1 is 1.21 bits per heavy atom. The predicted octanol–water partition coefficient (Wildman–Crippen LogP) is 4.00. The van der Waals surface area contributed by atoms with Crippen molar-refractivity contribution in [2.45, 2.75) is 19.4 Å². The van der Waals surface area contributed by atoms with Crippen molar-refractivity contribution in [3.05, 3.63) is 67.7 Å². The van der Waals surface area contributed by atoms with E-state index in [0.717, 1.165) is 17.0 Å². The van der Waals surface area contributed by atoms with Gasteiger partial charge in [0.25, 0.3) is 0 Å². The Morgan fingerprint density at radius 3 is 2.47 bits per heavy atom. The second kappa shape index (κ2) is 6.70. The standard InChI is InChI=1S/C15H16ClIN2/c1-10-2-3-12(14(16)8-10)9-15(19-18)11-4-6-13(17)7-5-11/h2-8,15,19H,9,18H2,1H3. The summed E-state index contributed by atoms with van der Waals surface area (Å²) in [5.41, 5.74) is 6.31. The molecule has 100 valence electrons. The van der Waals surface area contributed by atoms with E-state index >= 15 is 0 Å². The van der Waals surface area contributed by atoms with Crippen LogP contribution < -0.4 is 11.3 Å². The number of nitrogens with one attached hydrogen (secondary N) is 1. The van der Waals surface area contributed by atoms with Crippen molar-refractivity contribution in [1.82, 2.24) is 5.43 Å². The Bertz CT molecular complexity index is 555. The first-order valence-corrected chi connectivity index (χ1v) is 7.52. The molecule has 0 saturated heterocycles. The van der Waals surface area contributed by atoms with Gasteiger partial charge in [0.1, 0.15) is 0 Å². The van der Waals surface area contributed by atoms with Gasteiger partial charge >= 0.3 is 0 Å². The Balaban J connectivity index is 2.21. The highest BCUT2D eigenvalue weighted by Crippen LogP contribution is 2.24. The number of hydrogen-bond acceptors (Lipinski definition) is 2. The highest BCUT2D eigenvalue weighted by Gasteiger charge is 2.12. The van der Waals surface area contributed by atoms with Crippen LogP contribution in [0, 0.1) is 10.5 Å². The molecule has 0 bridgehead atoms. The lowest BCUT2D eigenvalue weighted by atomic mass is 9.99. The van der Waals surface area contributed by atoms with Crippen LogP contribution in [0.3, 0.4) is 0 Å². The van der Waals surface area contributed by atoms with E-state index in [1.807, 2.05) is 13.0 Å². The Labute approximate surface area is 132 Å². The average molecular weight is 387 g/mol. The van der Waals surface area contributed by atoms with E-state index < -0.39 is 0 Å². The van der Waals surface area contributed by atoms with Crippen LogP contribution >= 0.6 is 34.2 Å². The number of aryl methyl sites for hydroxylation is 1. The average Bonchev–Trinajstić information content (AvgIpc) is 2.39. The summed E-state index contributed by atoms with van der Waals surface area (Å²) in [5.74, 6) is 5.68. The van der Waals surface area contributed by atoms with Gasteiger partial charge < -0.3 is 0 Å².